The second kappa shape index (κ2) is 11.5. The van der Waals surface area contributed by atoms with E-state index in [9.17, 15) is 0 Å². The van der Waals surface area contributed by atoms with Gasteiger partial charge in [0.05, 0.1) is 0 Å². The minimum atomic E-state index is 1.11. The van der Waals surface area contributed by atoms with Gasteiger partial charge in [0.15, 0.2) is 0 Å². The Kier molecular flexibility index (Phi) is 10.5. The third-order valence-electron chi connectivity index (χ3n) is 4.07. The highest BCUT2D eigenvalue weighted by Gasteiger charge is 2.09. The molecule has 0 heterocycles. The lowest BCUT2D eigenvalue weighted by Crippen LogP contribution is -2.03. The fraction of sp³-hybridized carbons (Fsp3) is 1.00. The molecule has 102 valence electrons. The van der Waals surface area contributed by atoms with Crippen LogP contribution in [-0.2, 0) is 0 Å². The van der Waals surface area contributed by atoms with Crippen LogP contribution in [0, 0.1) is 0 Å². The minimum absolute atomic E-state index is 1.11. The summed E-state index contributed by atoms with van der Waals surface area (Å²) in [6.07, 6.45) is 21.0. The summed E-state index contributed by atoms with van der Waals surface area (Å²) in [6, 6.07) is 0. The first-order valence-corrected chi connectivity index (χ1v) is 9.45. The normalized spacial score (nSPS) is 21.0. The molecule has 1 fully saturated rings. The highest BCUT2D eigenvalue weighted by Crippen LogP contribution is 2.31. The topological polar surface area (TPSA) is 0 Å². The third kappa shape index (κ3) is 9.06. The van der Waals surface area contributed by atoms with Crippen LogP contribution in [0.4, 0.5) is 0 Å². The molecule has 1 atom stereocenters. The van der Waals surface area contributed by atoms with Crippen molar-refractivity contribution >= 4 is 8.58 Å². The molecule has 0 radical (unpaired) electrons. The van der Waals surface area contributed by atoms with E-state index < -0.39 is 0 Å². The molecule has 0 N–H and O–H groups in total. The Bertz CT molecular complexity index is 146. The van der Waals surface area contributed by atoms with Gasteiger partial charge in [-0.15, -0.1) is 8.58 Å². The number of hydrogen-bond donors (Lipinski definition) is 0. The van der Waals surface area contributed by atoms with Gasteiger partial charge in [0.1, 0.15) is 0 Å². The van der Waals surface area contributed by atoms with Crippen molar-refractivity contribution in [2.75, 3.05) is 6.16 Å². The molecule has 1 rings (SSSR count). The smallest absolute Gasteiger partial charge is 0.0237 e. The van der Waals surface area contributed by atoms with Crippen molar-refractivity contribution in [3.8, 4) is 0 Å². The van der Waals surface area contributed by atoms with Crippen molar-refractivity contribution in [2.45, 2.75) is 96.1 Å². The predicted octanol–water partition coefficient (Wildman–Crippen LogP) is 6.14. The maximum Gasteiger partial charge on any atom is -0.0237 e. The molecule has 17 heavy (non-hydrogen) atoms. The lowest BCUT2D eigenvalue weighted by molar-refractivity contribution is 0.509. The van der Waals surface area contributed by atoms with Gasteiger partial charge in [-0.05, 0) is 31.1 Å². The van der Waals surface area contributed by atoms with Crippen LogP contribution in [0.3, 0.4) is 0 Å². The second-order valence-corrected chi connectivity index (χ2v) is 7.49. The molecule has 1 unspecified atom stereocenters. The van der Waals surface area contributed by atoms with Gasteiger partial charge in [-0.3, -0.25) is 0 Å². The van der Waals surface area contributed by atoms with Gasteiger partial charge in [-0.1, -0.05) is 71.1 Å². The standard InChI is InChI=1S/C16H33P/c1-2-3-4-12-15-17-16-13-10-8-6-5-7-9-11-14-16/h16-17H,2-15H2,1H3. The number of hydrogen-bond acceptors (Lipinski definition) is 0. The van der Waals surface area contributed by atoms with E-state index in [0.29, 0.717) is 0 Å². The summed E-state index contributed by atoms with van der Waals surface area (Å²) in [7, 11) is 1.28. The molecule has 1 heteroatoms. The van der Waals surface area contributed by atoms with Gasteiger partial charge in [0.25, 0.3) is 0 Å². The highest BCUT2D eigenvalue weighted by molar-refractivity contribution is 7.38. The van der Waals surface area contributed by atoms with E-state index in [4.69, 9.17) is 0 Å². The zero-order chi connectivity index (χ0) is 12.2. The maximum atomic E-state index is 2.31. The molecule has 0 aromatic carbocycles. The molecule has 0 nitrogen and oxygen atoms in total. The Labute approximate surface area is 111 Å². The summed E-state index contributed by atoms with van der Waals surface area (Å²) in [5.41, 5.74) is 1.11. The fourth-order valence-corrected chi connectivity index (χ4v) is 4.55. The van der Waals surface area contributed by atoms with Crippen LogP contribution in [-0.4, -0.2) is 11.8 Å². The van der Waals surface area contributed by atoms with Crippen LogP contribution in [0.2, 0.25) is 0 Å². The number of rotatable bonds is 6. The molecule has 0 aromatic rings. The molecule has 0 amide bonds. The van der Waals surface area contributed by atoms with Crippen LogP contribution in [0.25, 0.3) is 0 Å². The highest BCUT2D eigenvalue weighted by atomic mass is 31.1. The van der Waals surface area contributed by atoms with Crippen molar-refractivity contribution in [3.63, 3.8) is 0 Å². The van der Waals surface area contributed by atoms with E-state index in [-0.39, 0.29) is 0 Å². The van der Waals surface area contributed by atoms with Crippen molar-refractivity contribution < 1.29 is 0 Å². The zero-order valence-electron chi connectivity index (χ0n) is 12.0. The maximum absolute atomic E-state index is 2.31. The van der Waals surface area contributed by atoms with E-state index in [1.165, 1.54) is 85.4 Å². The largest absolute Gasteiger partial charge is 0.119 e. The lowest BCUT2D eigenvalue weighted by Gasteiger charge is -2.18. The van der Waals surface area contributed by atoms with E-state index >= 15 is 0 Å². The fourth-order valence-electron chi connectivity index (χ4n) is 2.87. The summed E-state index contributed by atoms with van der Waals surface area (Å²) in [5.74, 6) is 0. The summed E-state index contributed by atoms with van der Waals surface area (Å²) in [6.45, 7) is 2.31. The Morgan fingerprint density at radius 3 is 1.94 bits per heavy atom. The van der Waals surface area contributed by atoms with Gasteiger partial charge in [0.2, 0.25) is 0 Å². The van der Waals surface area contributed by atoms with Crippen molar-refractivity contribution in [1.29, 1.82) is 0 Å². The zero-order valence-corrected chi connectivity index (χ0v) is 13.0. The van der Waals surface area contributed by atoms with Crippen LogP contribution >= 0.6 is 8.58 Å². The molecule has 0 bridgehead atoms. The van der Waals surface area contributed by atoms with E-state index in [2.05, 4.69) is 6.92 Å². The second-order valence-electron chi connectivity index (χ2n) is 5.76. The predicted molar refractivity (Wildman–Crippen MR) is 82.7 cm³/mol. The molecule has 1 aliphatic rings. The van der Waals surface area contributed by atoms with Crippen molar-refractivity contribution in [1.82, 2.24) is 0 Å². The van der Waals surface area contributed by atoms with E-state index in [1.54, 1.807) is 12.8 Å². The van der Waals surface area contributed by atoms with Gasteiger partial charge in [-0.25, -0.2) is 0 Å². The van der Waals surface area contributed by atoms with Crippen LogP contribution in [0.5, 0.6) is 0 Å². The van der Waals surface area contributed by atoms with Gasteiger partial charge < -0.3 is 0 Å². The SMILES string of the molecule is CCCCCCPC1CCCCCCCCC1. The molecular formula is C16H33P. The van der Waals surface area contributed by atoms with Crippen LogP contribution < -0.4 is 0 Å². The third-order valence-corrected chi connectivity index (χ3v) is 5.87. The Morgan fingerprint density at radius 2 is 1.35 bits per heavy atom. The average molecular weight is 256 g/mol. The summed E-state index contributed by atoms with van der Waals surface area (Å²) < 4.78 is 0. The summed E-state index contributed by atoms with van der Waals surface area (Å²) >= 11 is 0. The Hall–Kier alpha value is 0.430. The first-order valence-electron chi connectivity index (χ1n) is 8.17. The van der Waals surface area contributed by atoms with Crippen LogP contribution in [0.1, 0.15) is 90.4 Å². The average Bonchev–Trinajstić information content (AvgIpc) is 2.36. The minimum Gasteiger partial charge on any atom is -0.119 e. The molecule has 0 aliphatic heterocycles. The van der Waals surface area contributed by atoms with Crippen molar-refractivity contribution in [3.05, 3.63) is 0 Å². The molecule has 1 aliphatic carbocycles. The quantitative estimate of drug-likeness (QED) is 0.395. The summed E-state index contributed by atoms with van der Waals surface area (Å²) in [4.78, 5) is 0. The molecule has 0 aromatic heterocycles. The van der Waals surface area contributed by atoms with E-state index in [1.807, 2.05) is 0 Å². The molecule has 0 spiro atoms. The Morgan fingerprint density at radius 1 is 0.765 bits per heavy atom. The monoisotopic (exact) mass is 256 g/mol. The Balaban J connectivity index is 2.05. The van der Waals surface area contributed by atoms with Crippen LogP contribution in [0.15, 0.2) is 0 Å². The number of unbranched alkanes of at least 4 members (excludes halogenated alkanes) is 3. The van der Waals surface area contributed by atoms with Gasteiger partial charge in [0, 0.05) is 0 Å². The van der Waals surface area contributed by atoms with Gasteiger partial charge >= 0.3 is 0 Å². The summed E-state index contributed by atoms with van der Waals surface area (Å²) in [5, 5.41) is 0. The van der Waals surface area contributed by atoms with Crippen molar-refractivity contribution in [2.24, 2.45) is 0 Å². The van der Waals surface area contributed by atoms with Gasteiger partial charge in [-0.2, -0.15) is 0 Å². The molecule has 0 saturated heterocycles. The molecule has 1 saturated carbocycles. The first-order chi connectivity index (χ1) is 8.43. The lowest BCUT2D eigenvalue weighted by atomic mass is 10.0. The van der Waals surface area contributed by atoms with E-state index in [0.717, 1.165) is 5.66 Å². The molecular weight excluding hydrogens is 223 g/mol. The first kappa shape index (κ1) is 15.5.